The molecule has 1 aliphatic rings. The highest BCUT2D eigenvalue weighted by Gasteiger charge is 2.25. The van der Waals surface area contributed by atoms with Gasteiger partial charge in [-0.05, 0) is 43.3 Å². The van der Waals surface area contributed by atoms with E-state index in [1.807, 2.05) is 6.07 Å². The molecule has 1 atom stereocenters. The Morgan fingerprint density at radius 2 is 1.95 bits per heavy atom. The molecular weight excluding hydrogens is 238 g/mol. The summed E-state index contributed by atoms with van der Waals surface area (Å²) in [6.45, 7) is 5.26. The van der Waals surface area contributed by atoms with Gasteiger partial charge in [0.25, 0.3) is 0 Å². The fourth-order valence-corrected chi connectivity index (χ4v) is 2.96. The number of carboxylic acids is 1. The Bertz CT molecular complexity index is 396. The number of hydrogen-bond acceptors (Lipinski definition) is 2. The van der Waals surface area contributed by atoms with Crippen molar-refractivity contribution < 1.29 is 9.90 Å². The first-order valence-electron chi connectivity index (χ1n) is 7.13. The first-order chi connectivity index (χ1) is 9.15. The second-order valence-corrected chi connectivity index (χ2v) is 5.67. The lowest BCUT2D eigenvalue weighted by atomic mass is 9.83. The number of aliphatic carboxylic acids is 1. The van der Waals surface area contributed by atoms with Gasteiger partial charge in [0, 0.05) is 13.0 Å². The second kappa shape index (κ2) is 6.71. The molecule has 1 aliphatic heterocycles. The van der Waals surface area contributed by atoms with E-state index in [0.717, 1.165) is 32.5 Å². The molecule has 0 radical (unpaired) electrons. The third-order valence-electron chi connectivity index (χ3n) is 4.18. The summed E-state index contributed by atoms with van der Waals surface area (Å²) < 4.78 is 0. The molecule has 0 saturated carbocycles. The van der Waals surface area contributed by atoms with Gasteiger partial charge in [-0.25, -0.2) is 0 Å². The van der Waals surface area contributed by atoms with Crippen LogP contribution in [0.25, 0.3) is 0 Å². The summed E-state index contributed by atoms with van der Waals surface area (Å²) in [6.07, 6.45) is 2.56. The lowest BCUT2D eigenvalue weighted by Crippen LogP contribution is -2.35. The van der Waals surface area contributed by atoms with Crippen LogP contribution in [0.4, 0.5) is 0 Å². The highest BCUT2D eigenvalue weighted by atomic mass is 16.4. The molecule has 3 heteroatoms. The van der Waals surface area contributed by atoms with Crippen molar-refractivity contribution in [1.82, 2.24) is 4.90 Å². The number of likely N-dealkylation sites (tertiary alicyclic amines) is 1. The SMILES string of the molecule is CC(CC(=O)O)C1CCN(Cc2ccccc2)CC1. The van der Waals surface area contributed by atoms with Crippen molar-refractivity contribution in [3.05, 3.63) is 35.9 Å². The van der Waals surface area contributed by atoms with Gasteiger partial charge in [-0.3, -0.25) is 9.69 Å². The van der Waals surface area contributed by atoms with Crippen molar-refractivity contribution in [2.45, 2.75) is 32.7 Å². The molecule has 19 heavy (non-hydrogen) atoms. The van der Waals surface area contributed by atoms with Crippen molar-refractivity contribution in [2.75, 3.05) is 13.1 Å². The van der Waals surface area contributed by atoms with Crippen LogP contribution >= 0.6 is 0 Å². The maximum Gasteiger partial charge on any atom is 0.303 e. The van der Waals surface area contributed by atoms with Crippen LogP contribution in [0.1, 0.15) is 31.7 Å². The molecule has 0 amide bonds. The molecule has 1 aromatic rings. The second-order valence-electron chi connectivity index (χ2n) is 5.67. The predicted molar refractivity (Wildman–Crippen MR) is 75.9 cm³/mol. The number of benzene rings is 1. The molecule has 1 aromatic carbocycles. The van der Waals surface area contributed by atoms with Gasteiger partial charge in [0.2, 0.25) is 0 Å². The van der Waals surface area contributed by atoms with Crippen LogP contribution < -0.4 is 0 Å². The van der Waals surface area contributed by atoms with E-state index in [4.69, 9.17) is 5.11 Å². The fourth-order valence-electron chi connectivity index (χ4n) is 2.96. The van der Waals surface area contributed by atoms with Crippen molar-refractivity contribution in [2.24, 2.45) is 11.8 Å². The maximum absolute atomic E-state index is 10.7. The van der Waals surface area contributed by atoms with Gasteiger partial charge in [-0.1, -0.05) is 37.3 Å². The number of nitrogens with zero attached hydrogens (tertiary/aromatic N) is 1. The molecule has 1 N–H and O–H groups in total. The largest absolute Gasteiger partial charge is 0.481 e. The molecule has 0 bridgehead atoms. The first-order valence-corrected chi connectivity index (χ1v) is 7.13. The van der Waals surface area contributed by atoms with Gasteiger partial charge >= 0.3 is 5.97 Å². The van der Waals surface area contributed by atoms with Crippen LogP contribution in [0.15, 0.2) is 30.3 Å². The number of carbonyl (C=O) groups is 1. The maximum atomic E-state index is 10.7. The highest BCUT2D eigenvalue weighted by Crippen LogP contribution is 2.27. The van der Waals surface area contributed by atoms with E-state index < -0.39 is 5.97 Å². The van der Waals surface area contributed by atoms with Gasteiger partial charge in [0.05, 0.1) is 0 Å². The molecule has 2 rings (SSSR count). The molecular formula is C16H23NO2. The van der Waals surface area contributed by atoms with Gasteiger partial charge in [-0.15, -0.1) is 0 Å². The van der Waals surface area contributed by atoms with Crippen LogP contribution in [-0.4, -0.2) is 29.1 Å². The molecule has 1 heterocycles. The van der Waals surface area contributed by atoms with Crippen molar-refractivity contribution >= 4 is 5.97 Å². The van der Waals surface area contributed by atoms with E-state index in [1.54, 1.807) is 0 Å². The average Bonchev–Trinajstić information content (AvgIpc) is 2.40. The molecule has 1 unspecified atom stereocenters. The highest BCUT2D eigenvalue weighted by molar-refractivity contribution is 5.66. The van der Waals surface area contributed by atoms with Crippen LogP contribution in [0.3, 0.4) is 0 Å². The summed E-state index contributed by atoms with van der Waals surface area (Å²) in [4.78, 5) is 13.2. The summed E-state index contributed by atoms with van der Waals surface area (Å²) in [6, 6.07) is 10.5. The molecule has 0 spiro atoms. The van der Waals surface area contributed by atoms with Crippen molar-refractivity contribution in [1.29, 1.82) is 0 Å². The van der Waals surface area contributed by atoms with E-state index in [-0.39, 0.29) is 0 Å². The predicted octanol–water partition coefficient (Wildman–Crippen LogP) is 3.01. The third kappa shape index (κ3) is 4.35. The Hall–Kier alpha value is -1.35. The van der Waals surface area contributed by atoms with Crippen molar-refractivity contribution in [3.8, 4) is 0 Å². The van der Waals surface area contributed by atoms with E-state index in [9.17, 15) is 4.79 Å². The number of carboxylic acid groups (broad SMARTS) is 1. The van der Waals surface area contributed by atoms with E-state index in [2.05, 4.69) is 36.1 Å². The summed E-state index contributed by atoms with van der Waals surface area (Å²) in [5, 5.41) is 8.85. The van der Waals surface area contributed by atoms with Crippen molar-refractivity contribution in [3.63, 3.8) is 0 Å². The summed E-state index contributed by atoms with van der Waals surface area (Å²) >= 11 is 0. The minimum Gasteiger partial charge on any atom is -0.481 e. The quantitative estimate of drug-likeness (QED) is 0.885. The van der Waals surface area contributed by atoms with Gasteiger partial charge < -0.3 is 5.11 Å². The van der Waals surface area contributed by atoms with E-state index in [1.165, 1.54) is 5.56 Å². The number of rotatable bonds is 5. The van der Waals surface area contributed by atoms with Gasteiger partial charge in [0.15, 0.2) is 0 Å². The normalized spacial score (nSPS) is 19.2. The zero-order valence-corrected chi connectivity index (χ0v) is 11.6. The molecule has 1 saturated heterocycles. The van der Waals surface area contributed by atoms with Crippen LogP contribution in [-0.2, 0) is 11.3 Å². The van der Waals surface area contributed by atoms with Gasteiger partial charge in [0.1, 0.15) is 0 Å². The standard InChI is InChI=1S/C16H23NO2/c1-13(11-16(18)19)15-7-9-17(10-8-15)12-14-5-3-2-4-6-14/h2-6,13,15H,7-12H2,1H3,(H,18,19). The molecule has 1 fully saturated rings. The fraction of sp³-hybridized carbons (Fsp3) is 0.562. The lowest BCUT2D eigenvalue weighted by molar-refractivity contribution is -0.138. The Morgan fingerprint density at radius 3 is 2.53 bits per heavy atom. The van der Waals surface area contributed by atoms with Crippen LogP contribution in [0.2, 0.25) is 0 Å². The number of hydrogen-bond donors (Lipinski definition) is 1. The minimum atomic E-state index is -0.667. The first kappa shape index (κ1) is 14.1. The smallest absolute Gasteiger partial charge is 0.303 e. The molecule has 0 aromatic heterocycles. The third-order valence-corrected chi connectivity index (χ3v) is 4.18. The zero-order chi connectivity index (χ0) is 13.7. The minimum absolute atomic E-state index is 0.302. The molecule has 0 aliphatic carbocycles. The zero-order valence-electron chi connectivity index (χ0n) is 11.6. The molecule has 104 valence electrons. The summed E-state index contributed by atoms with van der Waals surface area (Å²) in [5.41, 5.74) is 1.36. The molecule has 3 nitrogen and oxygen atoms in total. The Labute approximate surface area is 115 Å². The topological polar surface area (TPSA) is 40.5 Å². The summed E-state index contributed by atoms with van der Waals surface area (Å²) in [7, 11) is 0. The van der Waals surface area contributed by atoms with E-state index in [0.29, 0.717) is 18.3 Å². The average molecular weight is 261 g/mol. The Morgan fingerprint density at radius 1 is 1.32 bits per heavy atom. The lowest BCUT2D eigenvalue weighted by Gasteiger charge is -2.34. The monoisotopic (exact) mass is 261 g/mol. The summed E-state index contributed by atoms with van der Waals surface area (Å²) in [5.74, 6) is 0.207. The Balaban J connectivity index is 1.78. The van der Waals surface area contributed by atoms with Crippen LogP contribution in [0, 0.1) is 11.8 Å². The van der Waals surface area contributed by atoms with E-state index >= 15 is 0 Å². The number of piperidine rings is 1. The Kier molecular flexibility index (Phi) is 4.97. The van der Waals surface area contributed by atoms with Crippen LogP contribution in [0.5, 0.6) is 0 Å². The van der Waals surface area contributed by atoms with Gasteiger partial charge in [-0.2, -0.15) is 0 Å².